The molecule has 1 aliphatic heterocycles. The predicted molar refractivity (Wildman–Crippen MR) is 53.6 cm³/mol. The van der Waals surface area contributed by atoms with E-state index in [1.54, 1.807) is 0 Å². The Balaban J connectivity index is 2.14. The minimum atomic E-state index is -0.283. The van der Waals surface area contributed by atoms with E-state index in [1.165, 1.54) is 18.4 Å². The molecule has 0 spiro atoms. The van der Waals surface area contributed by atoms with Crippen molar-refractivity contribution in [3.63, 3.8) is 0 Å². The second-order valence-electron chi connectivity index (χ2n) is 4.02. The van der Waals surface area contributed by atoms with Gasteiger partial charge in [0.2, 0.25) is 0 Å². The zero-order valence-corrected chi connectivity index (χ0v) is 8.62. The summed E-state index contributed by atoms with van der Waals surface area (Å²) in [6, 6.07) is 0. The van der Waals surface area contributed by atoms with E-state index in [0.717, 1.165) is 19.4 Å². The summed E-state index contributed by atoms with van der Waals surface area (Å²) in [5.41, 5.74) is 1.18. The highest BCUT2D eigenvalue weighted by molar-refractivity contribution is 4.97. The average molecular weight is 184 g/mol. The highest BCUT2D eigenvalue weighted by Gasteiger charge is 2.15. The molecule has 1 rings (SSSR count). The van der Waals surface area contributed by atoms with Crippen LogP contribution in [0.25, 0.3) is 0 Å². The number of aliphatic hydroxyl groups is 1. The van der Waals surface area contributed by atoms with Crippen molar-refractivity contribution in [1.29, 1.82) is 0 Å². The maximum absolute atomic E-state index is 9.55. The fourth-order valence-electron chi connectivity index (χ4n) is 1.70. The van der Waals surface area contributed by atoms with E-state index in [9.17, 15) is 5.11 Å². The molecule has 2 atom stereocenters. The molecule has 1 N–H and O–H groups in total. The molecule has 1 saturated heterocycles. The molecule has 0 radical (unpaired) electrons. The van der Waals surface area contributed by atoms with Crippen molar-refractivity contribution in [3.8, 4) is 0 Å². The van der Waals surface area contributed by atoms with Crippen LogP contribution in [0.2, 0.25) is 0 Å². The summed E-state index contributed by atoms with van der Waals surface area (Å²) in [6.07, 6.45) is 6.20. The molecule has 0 bridgehead atoms. The zero-order valence-electron chi connectivity index (χ0n) is 8.62. The summed E-state index contributed by atoms with van der Waals surface area (Å²) in [7, 11) is 0. The van der Waals surface area contributed by atoms with Gasteiger partial charge < -0.3 is 9.84 Å². The van der Waals surface area contributed by atoms with Crippen LogP contribution in [0.3, 0.4) is 0 Å². The van der Waals surface area contributed by atoms with Gasteiger partial charge in [0.15, 0.2) is 0 Å². The number of allylic oxidation sites excluding steroid dienone is 1. The van der Waals surface area contributed by atoms with Crippen molar-refractivity contribution < 1.29 is 9.84 Å². The van der Waals surface area contributed by atoms with E-state index < -0.39 is 0 Å². The van der Waals surface area contributed by atoms with Gasteiger partial charge in [-0.25, -0.2) is 0 Å². The third-order valence-corrected chi connectivity index (χ3v) is 2.33. The van der Waals surface area contributed by atoms with E-state index in [2.05, 4.69) is 0 Å². The molecule has 1 fully saturated rings. The lowest BCUT2D eigenvalue weighted by molar-refractivity contribution is 0.0896. The number of ether oxygens (including phenoxy) is 1. The number of hydrogen-bond donors (Lipinski definition) is 1. The molecule has 0 aromatic rings. The molecule has 2 heteroatoms. The molecular formula is C11H20O2. The van der Waals surface area contributed by atoms with Crippen LogP contribution in [0.4, 0.5) is 0 Å². The van der Waals surface area contributed by atoms with Gasteiger partial charge in [-0.1, -0.05) is 11.6 Å². The van der Waals surface area contributed by atoms with Gasteiger partial charge in [0.1, 0.15) is 0 Å². The number of rotatable bonds is 4. The summed E-state index contributed by atoms with van der Waals surface area (Å²) in [5, 5.41) is 9.55. The Morgan fingerprint density at radius 1 is 1.62 bits per heavy atom. The molecule has 2 nitrogen and oxygen atoms in total. The molecule has 0 aromatic carbocycles. The van der Waals surface area contributed by atoms with Crippen LogP contribution < -0.4 is 0 Å². The second kappa shape index (κ2) is 5.40. The van der Waals surface area contributed by atoms with Crippen LogP contribution in [0.5, 0.6) is 0 Å². The quantitative estimate of drug-likeness (QED) is 0.679. The first-order valence-electron chi connectivity index (χ1n) is 5.13. The monoisotopic (exact) mass is 184 g/mol. The lowest BCUT2D eigenvalue weighted by Crippen LogP contribution is -2.10. The van der Waals surface area contributed by atoms with Gasteiger partial charge in [0, 0.05) is 6.61 Å². The molecule has 2 unspecified atom stereocenters. The lowest BCUT2D eigenvalue weighted by Gasteiger charge is -2.11. The van der Waals surface area contributed by atoms with Gasteiger partial charge >= 0.3 is 0 Å². The number of aliphatic hydroxyl groups excluding tert-OH is 1. The highest BCUT2D eigenvalue weighted by Crippen LogP contribution is 2.18. The molecule has 0 saturated carbocycles. The molecule has 0 amide bonds. The molecular weight excluding hydrogens is 164 g/mol. The smallest absolute Gasteiger partial charge is 0.0724 e. The Morgan fingerprint density at radius 3 is 2.92 bits per heavy atom. The molecule has 0 aliphatic carbocycles. The molecule has 13 heavy (non-hydrogen) atoms. The fraction of sp³-hybridized carbons (Fsp3) is 0.818. The number of hydrogen-bond acceptors (Lipinski definition) is 2. The van der Waals surface area contributed by atoms with Crippen molar-refractivity contribution >= 4 is 0 Å². The van der Waals surface area contributed by atoms with Crippen molar-refractivity contribution in [3.05, 3.63) is 11.6 Å². The van der Waals surface area contributed by atoms with Crippen LogP contribution in [0.1, 0.15) is 39.5 Å². The first-order chi connectivity index (χ1) is 6.18. The van der Waals surface area contributed by atoms with E-state index in [-0.39, 0.29) is 6.10 Å². The van der Waals surface area contributed by atoms with Crippen molar-refractivity contribution in [2.75, 3.05) is 6.61 Å². The molecule has 0 aromatic heterocycles. The first kappa shape index (κ1) is 10.7. The van der Waals surface area contributed by atoms with Crippen LogP contribution in [-0.2, 0) is 4.74 Å². The Kier molecular flexibility index (Phi) is 4.46. The maximum atomic E-state index is 9.55. The average Bonchev–Trinajstić information content (AvgIpc) is 2.51. The van der Waals surface area contributed by atoms with Crippen molar-refractivity contribution in [2.24, 2.45) is 0 Å². The molecule has 1 heterocycles. The van der Waals surface area contributed by atoms with E-state index in [1.807, 2.05) is 19.9 Å². The van der Waals surface area contributed by atoms with Gasteiger partial charge in [0.05, 0.1) is 12.2 Å². The Morgan fingerprint density at radius 2 is 2.38 bits per heavy atom. The summed E-state index contributed by atoms with van der Waals surface area (Å²) in [4.78, 5) is 0. The third kappa shape index (κ3) is 4.44. The summed E-state index contributed by atoms with van der Waals surface area (Å²) in [5.74, 6) is 0. The Bertz CT molecular complexity index is 165. The standard InChI is InChI=1S/C11H20O2/c1-9(2)8-10(12)5-6-11-4-3-7-13-11/h8,10-12H,3-7H2,1-2H3. The molecule has 1 aliphatic rings. The fourth-order valence-corrected chi connectivity index (χ4v) is 1.70. The van der Waals surface area contributed by atoms with Crippen molar-refractivity contribution in [2.45, 2.75) is 51.7 Å². The van der Waals surface area contributed by atoms with E-state index in [0.29, 0.717) is 6.10 Å². The highest BCUT2D eigenvalue weighted by atomic mass is 16.5. The lowest BCUT2D eigenvalue weighted by atomic mass is 10.1. The minimum absolute atomic E-state index is 0.283. The summed E-state index contributed by atoms with van der Waals surface area (Å²) < 4.78 is 5.48. The van der Waals surface area contributed by atoms with Gasteiger partial charge in [-0.05, 0) is 39.5 Å². The second-order valence-corrected chi connectivity index (χ2v) is 4.02. The van der Waals surface area contributed by atoms with Gasteiger partial charge in [-0.3, -0.25) is 0 Å². The van der Waals surface area contributed by atoms with E-state index in [4.69, 9.17) is 4.74 Å². The Labute approximate surface area is 80.6 Å². The SMILES string of the molecule is CC(C)=CC(O)CCC1CCCO1. The maximum Gasteiger partial charge on any atom is 0.0724 e. The van der Waals surface area contributed by atoms with Crippen LogP contribution >= 0.6 is 0 Å². The third-order valence-electron chi connectivity index (χ3n) is 2.33. The zero-order chi connectivity index (χ0) is 9.68. The van der Waals surface area contributed by atoms with Crippen molar-refractivity contribution in [1.82, 2.24) is 0 Å². The topological polar surface area (TPSA) is 29.5 Å². The predicted octanol–water partition coefficient (Wildman–Crippen LogP) is 2.27. The van der Waals surface area contributed by atoms with Crippen LogP contribution in [0.15, 0.2) is 11.6 Å². The van der Waals surface area contributed by atoms with Crippen LogP contribution in [0, 0.1) is 0 Å². The van der Waals surface area contributed by atoms with E-state index >= 15 is 0 Å². The molecule has 76 valence electrons. The minimum Gasteiger partial charge on any atom is -0.389 e. The van der Waals surface area contributed by atoms with Gasteiger partial charge in [-0.2, -0.15) is 0 Å². The largest absolute Gasteiger partial charge is 0.389 e. The van der Waals surface area contributed by atoms with Gasteiger partial charge in [-0.15, -0.1) is 0 Å². The first-order valence-corrected chi connectivity index (χ1v) is 5.13. The Hall–Kier alpha value is -0.340. The normalized spacial score (nSPS) is 24.4. The summed E-state index contributed by atoms with van der Waals surface area (Å²) >= 11 is 0. The summed E-state index contributed by atoms with van der Waals surface area (Å²) in [6.45, 7) is 4.92. The van der Waals surface area contributed by atoms with Crippen LogP contribution in [-0.4, -0.2) is 23.9 Å². The van der Waals surface area contributed by atoms with Gasteiger partial charge in [0.25, 0.3) is 0 Å².